The van der Waals surface area contributed by atoms with Gasteiger partial charge in [-0.15, -0.1) is 0 Å². The standard InChI is InChI=1S/C16H24BrN3/c17-13-11-18-16(19-12-13)20(14-7-3-1-4-8-14)15-9-5-2-6-10-15/h11-12,14-15H,1-10H2. The molecule has 0 atom stereocenters. The third kappa shape index (κ3) is 3.33. The van der Waals surface area contributed by atoms with E-state index in [4.69, 9.17) is 0 Å². The first-order valence-corrected chi connectivity index (χ1v) is 8.90. The van der Waals surface area contributed by atoms with Crippen LogP contribution in [0.25, 0.3) is 0 Å². The highest BCUT2D eigenvalue weighted by atomic mass is 79.9. The lowest BCUT2D eigenvalue weighted by Crippen LogP contribution is -2.46. The summed E-state index contributed by atoms with van der Waals surface area (Å²) in [5.74, 6) is 0.951. The van der Waals surface area contributed by atoms with Gasteiger partial charge in [0.1, 0.15) is 0 Å². The molecule has 2 saturated carbocycles. The molecule has 20 heavy (non-hydrogen) atoms. The van der Waals surface area contributed by atoms with Crippen molar-refractivity contribution in [2.75, 3.05) is 4.90 Å². The maximum absolute atomic E-state index is 4.60. The quantitative estimate of drug-likeness (QED) is 0.799. The molecule has 1 aromatic heterocycles. The van der Waals surface area contributed by atoms with E-state index in [9.17, 15) is 0 Å². The summed E-state index contributed by atoms with van der Waals surface area (Å²) in [6, 6.07) is 1.32. The van der Waals surface area contributed by atoms with Crippen LogP contribution in [0.1, 0.15) is 64.2 Å². The Morgan fingerprint density at radius 2 is 1.25 bits per heavy atom. The van der Waals surface area contributed by atoms with E-state index in [1.165, 1.54) is 64.2 Å². The predicted octanol–water partition coefficient (Wildman–Crippen LogP) is 4.71. The molecule has 0 unspecified atom stereocenters. The molecule has 2 aliphatic rings. The lowest BCUT2D eigenvalue weighted by Gasteiger charge is -2.41. The van der Waals surface area contributed by atoms with Gasteiger partial charge in [-0.1, -0.05) is 38.5 Å². The minimum atomic E-state index is 0.660. The third-order valence-electron chi connectivity index (χ3n) is 4.77. The molecule has 4 heteroatoms. The highest BCUT2D eigenvalue weighted by Gasteiger charge is 2.30. The van der Waals surface area contributed by atoms with Crippen LogP contribution in [0.3, 0.4) is 0 Å². The summed E-state index contributed by atoms with van der Waals surface area (Å²) in [5, 5.41) is 0. The van der Waals surface area contributed by atoms with Crippen molar-refractivity contribution in [1.82, 2.24) is 9.97 Å². The second kappa shape index (κ2) is 6.88. The van der Waals surface area contributed by atoms with Gasteiger partial charge in [-0.25, -0.2) is 9.97 Å². The minimum Gasteiger partial charge on any atom is -0.335 e. The summed E-state index contributed by atoms with van der Waals surface area (Å²) in [5.41, 5.74) is 0. The van der Waals surface area contributed by atoms with E-state index in [1.54, 1.807) is 0 Å². The Morgan fingerprint density at radius 3 is 1.70 bits per heavy atom. The largest absolute Gasteiger partial charge is 0.335 e. The van der Waals surface area contributed by atoms with Gasteiger partial charge in [0.05, 0.1) is 4.47 Å². The molecule has 0 aromatic carbocycles. The molecule has 0 N–H and O–H groups in total. The van der Waals surface area contributed by atoms with Crippen LogP contribution in [0.4, 0.5) is 5.95 Å². The van der Waals surface area contributed by atoms with Gasteiger partial charge in [0.15, 0.2) is 0 Å². The molecular formula is C16H24BrN3. The number of hydrogen-bond donors (Lipinski definition) is 0. The summed E-state index contributed by atoms with van der Waals surface area (Å²) < 4.78 is 0.966. The summed E-state index contributed by atoms with van der Waals surface area (Å²) in [4.78, 5) is 11.8. The van der Waals surface area contributed by atoms with Gasteiger partial charge in [0.25, 0.3) is 0 Å². The lowest BCUT2D eigenvalue weighted by atomic mass is 9.89. The highest BCUT2D eigenvalue weighted by molar-refractivity contribution is 9.10. The van der Waals surface area contributed by atoms with Crippen LogP contribution in [-0.4, -0.2) is 22.1 Å². The molecule has 0 saturated heterocycles. The Kier molecular flexibility index (Phi) is 4.92. The summed E-state index contributed by atoms with van der Waals surface area (Å²) in [6.07, 6.45) is 17.3. The Labute approximate surface area is 130 Å². The monoisotopic (exact) mass is 337 g/mol. The SMILES string of the molecule is Brc1cnc(N(C2CCCCC2)C2CCCCC2)nc1. The van der Waals surface area contributed by atoms with E-state index in [1.807, 2.05) is 12.4 Å². The van der Waals surface area contributed by atoms with Gasteiger partial charge in [-0.3, -0.25) is 0 Å². The van der Waals surface area contributed by atoms with Crippen LogP contribution in [-0.2, 0) is 0 Å². The summed E-state index contributed by atoms with van der Waals surface area (Å²) in [7, 11) is 0. The molecule has 0 spiro atoms. The van der Waals surface area contributed by atoms with Crippen LogP contribution >= 0.6 is 15.9 Å². The average molecular weight is 338 g/mol. The van der Waals surface area contributed by atoms with Crippen LogP contribution in [0.15, 0.2) is 16.9 Å². The van der Waals surface area contributed by atoms with Crippen LogP contribution in [0.5, 0.6) is 0 Å². The van der Waals surface area contributed by atoms with E-state index < -0.39 is 0 Å². The average Bonchev–Trinajstić information content (AvgIpc) is 2.52. The second-order valence-electron chi connectivity index (χ2n) is 6.19. The van der Waals surface area contributed by atoms with Crippen molar-refractivity contribution >= 4 is 21.9 Å². The first kappa shape index (κ1) is 14.3. The maximum Gasteiger partial charge on any atom is 0.225 e. The molecule has 2 aliphatic carbocycles. The normalized spacial score (nSPS) is 21.9. The molecule has 1 heterocycles. The van der Waals surface area contributed by atoms with E-state index in [0.29, 0.717) is 12.1 Å². The van der Waals surface area contributed by atoms with Gasteiger partial charge < -0.3 is 4.90 Å². The van der Waals surface area contributed by atoms with E-state index in [0.717, 1.165) is 10.4 Å². The van der Waals surface area contributed by atoms with Crippen molar-refractivity contribution in [3.8, 4) is 0 Å². The molecule has 110 valence electrons. The predicted molar refractivity (Wildman–Crippen MR) is 86.0 cm³/mol. The lowest BCUT2D eigenvalue weighted by molar-refractivity contribution is 0.335. The van der Waals surface area contributed by atoms with Crippen molar-refractivity contribution in [3.63, 3.8) is 0 Å². The van der Waals surface area contributed by atoms with E-state index in [-0.39, 0.29) is 0 Å². The first-order chi connectivity index (χ1) is 9.84. The zero-order valence-electron chi connectivity index (χ0n) is 12.1. The van der Waals surface area contributed by atoms with Gasteiger partial charge in [0.2, 0.25) is 5.95 Å². The van der Waals surface area contributed by atoms with Crippen LogP contribution in [0.2, 0.25) is 0 Å². The fraction of sp³-hybridized carbons (Fsp3) is 0.750. The molecule has 0 aliphatic heterocycles. The van der Waals surface area contributed by atoms with Crippen molar-refractivity contribution in [2.45, 2.75) is 76.3 Å². The van der Waals surface area contributed by atoms with Crippen LogP contribution in [0, 0.1) is 0 Å². The molecule has 0 amide bonds. The first-order valence-electron chi connectivity index (χ1n) is 8.10. The van der Waals surface area contributed by atoms with Gasteiger partial charge >= 0.3 is 0 Å². The zero-order chi connectivity index (χ0) is 13.8. The molecule has 0 bridgehead atoms. The van der Waals surface area contributed by atoms with E-state index in [2.05, 4.69) is 30.8 Å². The Bertz CT molecular complexity index is 390. The molecule has 0 radical (unpaired) electrons. The summed E-state index contributed by atoms with van der Waals surface area (Å²) >= 11 is 3.44. The third-order valence-corrected chi connectivity index (χ3v) is 5.18. The Hall–Kier alpha value is -0.640. The smallest absolute Gasteiger partial charge is 0.225 e. The van der Waals surface area contributed by atoms with Crippen molar-refractivity contribution in [3.05, 3.63) is 16.9 Å². The minimum absolute atomic E-state index is 0.660. The van der Waals surface area contributed by atoms with Crippen LogP contribution < -0.4 is 4.90 Å². The fourth-order valence-electron chi connectivity index (χ4n) is 3.78. The highest BCUT2D eigenvalue weighted by Crippen LogP contribution is 2.32. The number of hydrogen-bond acceptors (Lipinski definition) is 3. The van der Waals surface area contributed by atoms with Gasteiger partial charge in [-0.2, -0.15) is 0 Å². The van der Waals surface area contributed by atoms with Crippen molar-refractivity contribution in [2.24, 2.45) is 0 Å². The number of rotatable bonds is 3. The Balaban J connectivity index is 1.83. The fourth-order valence-corrected chi connectivity index (χ4v) is 3.99. The maximum atomic E-state index is 4.60. The number of aromatic nitrogens is 2. The van der Waals surface area contributed by atoms with Crippen molar-refractivity contribution < 1.29 is 0 Å². The van der Waals surface area contributed by atoms with E-state index >= 15 is 0 Å². The van der Waals surface area contributed by atoms with Gasteiger partial charge in [0, 0.05) is 24.5 Å². The Morgan fingerprint density at radius 1 is 0.800 bits per heavy atom. The molecule has 3 rings (SSSR count). The molecule has 2 fully saturated rings. The topological polar surface area (TPSA) is 29.0 Å². The van der Waals surface area contributed by atoms with Gasteiger partial charge in [-0.05, 0) is 41.6 Å². The number of nitrogens with zero attached hydrogens (tertiary/aromatic N) is 3. The number of halogens is 1. The molecule has 3 nitrogen and oxygen atoms in total. The van der Waals surface area contributed by atoms with Crippen molar-refractivity contribution in [1.29, 1.82) is 0 Å². The second-order valence-corrected chi connectivity index (χ2v) is 7.11. The summed E-state index contributed by atoms with van der Waals surface area (Å²) in [6.45, 7) is 0. The molecular weight excluding hydrogens is 314 g/mol. The molecule has 1 aromatic rings. The number of anilines is 1. The zero-order valence-corrected chi connectivity index (χ0v) is 13.7.